The summed E-state index contributed by atoms with van der Waals surface area (Å²) in [5.74, 6) is 0. The molecule has 1 atom stereocenters. The van der Waals surface area contributed by atoms with Gasteiger partial charge in [0.25, 0.3) is 5.69 Å². The summed E-state index contributed by atoms with van der Waals surface area (Å²) in [6.45, 7) is 2.02. The van der Waals surface area contributed by atoms with E-state index in [4.69, 9.17) is 0 Å². The van der Waals surface area contributed by atoms with Gasteiger partial charge >= 0.3 is 0 Å². The van der Waals surface area contributed by atoms with Crippen LogP contribution < -0.4 is 10.6 Å². The highest BCUT2D eigenvalue weighted by molar-refractivity contribution is 14.1. The summed E-state index contributed by atoms with van der Waals surface area (Å²) in [5, 5.41) is 17.5. The molecule has 0 unspecified atom stereocenters. The number of nitrogens with zero attached hydrogens (tertiary/aromatic N) is 1. The van der Waals surface area contributed by atoms with Crippen molar-refractivity contribution in [3.63, 3.8) is 0 Å². The van der Waals surface area contributed by atoms with Crippen LogP contribution in [-0.4, -0.2) is 24.1 Å². The summed E-state index contributed by atoms with van der Waals surface area (Å²) >= 11 is 2.00. The third-order valence-corrected chi connectivity index (χ3v) is 3.99. The summed E-state index contributed by atoms with van der Waals surface area (Å²) in [4.78, 5) is 10.3. The maximum atomic E-state index is 10.7. The van der Waals surface area contributed by atoms with Gasteiger partial charge in [-0.15, -0.1) is 0 Å². The summed E-state index contributed by atoms with van der Waals surface area (Å²) in [6, 6.07) is 5.76. The molecule has 2 rings (SSSR count). The molecule has 1 saturated heterocycles. The average molecular weight is 361 g/mol. The first kappa shape index (κ1) is 13.5. The van der Waals surface area contributed by atoms with Crippen molar-refractivity contribution in [3.8, 4) is 0 Å². The first-order chi connectivity index (χ1) is 8.66. The highest BCUT2D eigenvalue weighted by Crippen LogP contribution is 2.24. The van der Waals surface area contributed by atoms with Gasteiger partial charge < -0.3 is 10.6 Å². The lowest BCUT2D eigenvalue weighted by molar-refractivity contribution is -0.385. The quantitative estimate of drug-likeness (QED) is 0.481. The lowest BCUT2D eigenvalue weighted by atomic mass is 10.1. The lowest BCUT2D eigenvalue weighted by Crippen LogP contribution is -2.24. The van der Waals surface area contributed by atoms with Crippen LogP contribution in [0.2, 0.25) is 0 Å². The van der Waals surface area contributed by atoms with E-state index < -0.39 is 0 Å². The molecule has 0 radical (unpaired) electrons. The highest BCUT2D eigenvalue weighted by Gasteiger charge is 2.14. The second-order valence-corrected chi connectivity index (χ2v) is 5.59. The van der Waals surface area contributed by atoms with E-state index in [1.54, 1.807) is 12.1 Å². The Hall–Kier alpha value is -0.890. The van der Waals surface area contributed by atoms with E-state index in [1.807, 2.05) is 28.7 Å². The topological polar surface area (TPSA) is 67.2 Å². The van der Waals surface area contributed by atoms with Gasteiger partial charge in [0, 0.05) is 24.3 Å². The highest BCUT2D eigenvalue weighted by atomic mass is 127. The molecule has 0 amide bonds. The number of hydrogen-bond acceptors (Lipinski definition) is 4. The lowest BCUT2D eigenvalue weighted by Gasteiger charge is -2.11. The zero-order valence-electron chi connectivity index (χ0n) is 9.99. The Morgan fingerprint density at radius 2 is 2.39 bits per heavy atom. The fourth-order valence-corrected chi connectivity index (χ4v) is 2.87. The van der Waals surface area contributed by atoms with Crippen LogP contribution in [0, 0.1) is 13.7 Å². The van der Waals surface area contributed by atoms with Gasteiger partial charge in [-0.05, 0) is 60.5 Å². The molecule has 1 aromatic rings. The molecule has 98 valence electrons. The van der Waals surface area contributed by atoms with Gasteiger partial charge in [-0.1, -0.05) is 0 Å². The van der Waals surface area contributed by atoms with Crippen molar-refractivity contribution in [3.05, 3.63) is 31.9 Å². The van der Waals surface area contributed by atoms with Crippen LogP contribution in [0.3, 0.4) is 0 Å². The van der Waals surface area contributed by atoms with Crippen LogP contribution in [-0.2, 0) is 0 Å². The minimum atomic E-state index is -0.353. The molecule has 6 heteroatoms. The molecule has 0 bridgehead atoms. The Balaban J connectivity index is 1.85. The molecule has 0 spiro atoms. The molecule has 1 heterocycles. The third kappa shape index (κ3) is 3.55. The molecule has 1 aromatic carbocycles. The van der Waals surface area contributed by atoms with Crippen molar-refractivity contribution >= 4 is 34.0 Å². The van der Waals surface area contributed by atoms with Crippen LogP contribution in [0.1, 0.15) is 19.3 Å². The van der Waals surface area contributed by atoms with Gasteiger partial charge in [-0.3, -0.25) is 10.1 Å². The predicted molar refractivity (Wildman–Crippen MR) is 79.9 cm³/mol. The van der Waals surface area contributed by atoms with E-state index in [1.165, 1.54) is 12.8 Å². The smallest absolute Gasteiger partial charge is 0.282 e. The zero-order chi connectivity index (χ0) is 13.0. The molecule has 1 aliphatic heterocycles. The maximum absolute atomic E-state index is 10.7. The maximum Gasteiger partial charge on any atom is 0.282 e. The van der Waals surface area contributed by atoms with E-state index in [2.05, 4.69) is 10.6 Å². The number of hydrogen-bond donors (Lipinski definition) is 2. The van der Waals surface area contributed by atoms with Crippen molar-refractivity contribution in [2.75, 3.05) is 18.4 Å². The summed E-state index contributed by atoms with van der Waals surface area (Å²) in [5.41, 5.74) is 1.11. The third-order valence-electron chi connectivity index (χ3n) is 3.13. The number of anilines is 1. The van der Waals surface area contributed by atoms with E-state index in [0.29, 0.717) is 9.61 Å². The van der Waals surface area contributed by atoms with Gasteiger partial charge in [0.15, 0.2) is 0 Å². The van der Waals surface area contributed by atoms with E-state index in [-0.39, 0.29) is 10.6 Å². The molecule has 0 aromatic heterocycles. The number of benzene rings is 1. The van der Waals surface area contributed by atoms with Crippen molar-refractivity contribution in [1.82, 2.24) is 5.32 Å². The van der Waals surface area contributed by atoms with Crippen molar-refractivity contribution in [1.29, 1.82) is 0 Å². The first-order valence-corrected chi connectivity index (χ1v) is 7.16. The van der Waals surface area contributed by atoms with Crippen LogP contribution in [0.4, 0.5) is 11.4 Å². The minimum absolute atomic E-state index is 0.165. The largest absolute Gasteiger partial charge is 0.385 e. The van der Waals surface area contributed by atoms with Crippen LogP contribution in [0.25, 0.3) is 0 Å². The second-order valence-electron chi connectivity index (χ2n) is 4.43. The normalized spacial score (nSPS) is 18.8. The first-order valence-electron chi connectivity index (χ1n) is 6.08. The Morgan fingerprint density at radius 3 is 3.00 bits per heavy atom. The molecule has 0 saturated carbocycles. The number of halogens is 1. The van der Waals surface area contributed by atoms with Crippen LogP contribution in [0.5, 0.6) is 0 Å². The van der Waals surface area contributed by atoms with Crippen LogP contribution in [0.15, 0.2) is 18.2 Å². The number of rotatable bonds is 5. The number of nitro benzene ring substituents is 1. The molecule has 1 aliphatic rings. The Bertz CT molecular complexity index is 433. The summed E-state index contributed by atoms with van der Waals surface area (Å²) < 4.78 is 0.668. The van der Waals surface area contributed by atoms with E-state index in [9.17, 15) is 10.1 Å². The molecule has 0 aliphatic carbocycles. The number of nitro groups is 1. The molecule has 5 nitrogen and oxygen atoms in total. The van der Waals surface area contributed by atoms with Crippen LogP contribution >= 0.6 is 22.6 Å². The van der Waals surface area contributed by atoms with Gasteiger partial charge in [-0.2, -0.15) is 0 Å². The van der Waals surface area contributed by atoms with Crippen molar-refractivity contribution < 1.29 is 4.92 Å². The van der Waals surface area contributed by atoms with E-state index >= 15 is 0 Å². The van der Waals surface area contributed by atoms with Gasteiger partial charge in [0.1, 0.15) is 0 Å². The zero-order valence-corrected chi connectivity index (χ0v) is 12.1. The Labute approximate surface area is 120 Å². The minimum Gasteiger partial charge on any atom is -0.385 e. The van der Waals surface area contributed by atoms with E-state index in [0.717, 1.165) is 25.2 Å². The fourth-order valence-electron chi connectivity index (χ4n) is 2.16. The predicted octanol–water partition coefficient (Wildman–Crippen LogP) is 2.75. The average Bonchev–Trinajstić information content (AvgIpc) is 2.81. The Morgan fingerprint density at radius 1 is 1.56 bits per heavy atom. The molecular formula is C12H16IN3O2. The summed E-state index contributed by atoms with van der Waals surface area (Å²) in [7, 11) is 0. The SMILES string of the molecule is O=[N+]([O-])c1ccc(NCC[C@H]2CCCN2)cc1I. The Kier molecular flexibility index (Phi) is 4.76. The van der Waals surface area contributed by atoms with Crippen molar-refractivity contribution in [2.45, 2.75) is 25.3 Å². The second kappa shape index (κ2) is 6.33. The van der Waals surface area contributed by atoms with Gasteiger partial charge in [0.2, 0.25) is 0 Å². The standard InChI is InChI=1S/C12H16IN3O2/c13-11-8-10(3-4-12(11)16(17)18)15-7-5-9-2-1-6-14-9/h3-4,8-9,14-15H,1-2,5-7H2/t9-/m1/s1. The summed E-state index contributed by atoms with van der Waals surface area (Å²) in [6.07, 6.45) is 3.60. The van der Waals surface area contributed by atoms with Gasteiger partial charge in [-0.25, -0.2) is 0 Å². The monoisotopic (exact) mass is 361 g/mol. The molecular weight excluding hydrogens is 345 g/mol. The molecule has 18 heavy (non-hydrogen) atoms. The van der Waals surface area contributed by atoms with Crippen molar-refractivity contribution in [2.24, 2.45) is 0 Å². The fraction of sp³-hybridized carbons (Fsp3) is 0.500. The molecule has 1 fully saturated rings. The van der Waals surface area contributed by atoms with Gasteiger partial charge in [0.05, 0.1) is 8.49 Å². The molecule has 2 N–H and O–H groups in total. The number of nitrogens with one attached hydrogen (secondary N) is 2.